The molecule has 0 amide bonds. The van der Waals surface area contributed by atoms with Crippen LogP contribution in [0.4, 0.5) is 0 Å². The normalized spacial score (nSPS) is 17.3. The first-order valence-corrected chi connectivity index (χ1v) is 6.52. The number of aryl methyl sites for hydroxylation is 1. The highest BCUT2D eigenvalue weighted by Gasteiger charge is 2.25. The van der Waals surface area contributed by atoms with Gasteiger partial charge in [0, 0.05) is 30.6 Å². The highest BCUT2D eigenvalue weighted by atomic mass is 16.5. The molecule has 1 aliphatic carbocycles. The van der Waals surface area contributed by atoms with Gasteiger partial charge in [-0.05, 0) is 37.5 Å². The van der Waals surface area contributed by atoms with Crippen molar-refractivity contribution in [1.29, 1.82) is 0 Å². The minimum Gasteiger partial charge on any atom is -0.457 e. The molecule has 0 aliphatic heterocycles. The van der Waals surface area contributed by atoms with Crippen molar-refractivity contribution in [3.63, 3.8) is 0 Å². The van der Waals surface area contributed by atoms with Gasteiger partial charge in [0.25, 0.3) is 0 Å². The summed E-state index contributed by atoms with van der Waals surface area (Å²) in [5.41, 5.74) is 3.57. The second kappa shape index (κ2) is 5.02. The van der Waals surface area contributed by atoms with E-state index >= 15 is 0 Å². The Labute approximate surface area is 113 Å². The number of benzene rings is 1. The monoisotopic (exact) mass is 255 g/mol. The lowest BCUT2D eigenvalue weighted by Crippen LogP contribution is -1.96. The first kappa shape index (κ1) is 12.2. The predicted molar refractivity (Wildman–Crippen MR) is 73.6 cm³/mol. The number of methoxy groups -OCH3 is 1. The molecule has 1 unspecified atom stereocenters. The van der Waals surface area contributed by atoms with E-state index in [4.69, 9.17) is 9.47 Å². The van der Waals surface area contributed by atoms with E-state index in [0.717, 1.165) is 29.9 Å². The first-order chi connectivity index (χ1) is 9.29. The van der Waals surface area contributed by atoms with Gasteiger partial charge in [0.2, 0.25) is 0 Å². The largest absolute Gasteiger partial charge is 0.457 e. The smallest absolute Gasteiger partial charge is 0.133 e. The van der Waals surface area contributed by atoms with E-state index in [1.807, 2.05) is 31.3 Å². The zero-order chi connectivity index (χ0) is 13.2. The van der Waals surface area contributed by atoms with Gasteiger partial charge >= 0.3 is 0 Å². The lowest BCUT2D eigenvalue weighted by molar-refractivity contribution is 0.105. The second-order valence-electron chi connectivity index (χ2n) is 4.83. The van der Waals surface area contributed by atoms with Crippen molar-refractivity contribution in [3.05, 3.63) is 53.3 Å². The summed E-state index contributed by atoms with van der Waals surface area (Å²) in [6.45, 7) is 2.00. The Balaban J connectivity index is 1.95. The Hall–Kier alpha value is -1.87. The zero-order valence-corrected chi connectivity index (χ0v) is 11.2. The van der Waals surface area contributed by atoms with E-state index in [-0.39, 0.29) is 6.10 Å². The van der Waals surface area contributed by atoms with E-state index in [1.54, 1.807) is 13.3 Å². The lowest BCUT2D eigenvalue weighted by Gasteiger charge is -2.13. The van der Waals surface area contributed by atoms with Crippen molar-refractivity contribution >= 4 is 0 Å². The van der Waals surface area contributed by atoms with Gasteiger partial charge in [-0.25, -0.2) is 0 Å². The molecule has 0 saturated carbocycles. The summed E-state index contributed by atoms with van der Waals surface area (Å²) in [7, 11) is 1.76. The Morgan fingerprint density at radius 3 is 2.89 bits per heavy atom. The second-order valence-corrected chi connectivity index (χ2v) is 4.83. The van der Waals surface area contributed by atoms with Crippen LogP contribution in [-0.4, -0.2) is 12.1 Å². The molecule has 3 rings (SSSR count). The lowest BCUT2D eigenvalue weighted by atomic mass is 10.1. The number of hydrogen-bond donors (Lipinski definition) is 0. The number of ether oxygens (including phenoxy) is 2. The molecule has 0 radical (unpaired) electrons. The van der Waals surface area contributed by atoms with Gasteiger partial charge < -0.3 is 9.47 Å². The molecule has 98 valence electrons. The number of hydrogen-bond acceptors (Lipinski definition) is 3. The van der Waals surface area contributed by atoms with Crippen molar-refractivity contribution in [2.75, 3.05) is 7.11 Å². The standard InChI is InChI=1S/C16H17NO2/c1-11-10-17-9-8-14(11)19-16-5-3-4-12-13(16)6-7-15(12)18-2/h3-5,8-10,15H,6-7H2,1-2H3. The van der Waals surface area contributed by atoms with Gasteiger partial charge in [-0.1, -0.05) is 12.1 Å². The molecule has 1 aromatic heterocycles. The fraction of sp³-hybridized carbons (Fsp3) is 0.312. The van der Waals surface area contributed by atoms with E-state index in [0.29, 0.717) is 0 Å². The van der Waals surface area contributed by atoms with Crippen LogP contribution in [0.15, 0.2) is 36.7 Å². The molecule has 0 N–H and O–H groups in total. The Kier molecular flexibility index (Phi) is 3.22. The van der Waals surface area contributed by atoms with Crippen LogP contribution in [0.2, 0.25) is 0 Å². The van der Waals surface area contributed by atoms with Gasteiger partial charge in [0.1, 0.15) is 11.5 Å². The minimum atomic E-state index is 0.206. The third-order valence-electron chi connectivity index (χ3n) is 3.65. The fourth-order valence-corrected chi connectivity index (χ4v) is 2.62. The van der Waals surface area contributed by atoms with Crippen molar-refractivity contribution in [2.45, 2.75) is 25.9 Å². The molecule has 0 saturated heterocycles. The van der Waals surface area contributed by atoms with Crippen LogP contribution in [0.3, 0.4) is 0 Å². The van der Waals surface area contributed by atoms with E-state index in [1.165, 1.54) is 11.1 Å². The number of pyridine rings is 1. The van der Waals surface area contributed by atoms with Crippen LogP contribution >= 0.6 is 0 Å². The summed E-state index contributed by atoms with van der Waals surface area (Å²) in [5, 5.41) is 0. The maximum atomic E-state index is 6.05. The Morgan fingerprint density at radius 2 is 2.11 bits per heavy atom. The molecule has 3 heteroatoms. The van der Waals surface area contributed by atoms with E-state index in [9.17, 15) is 0 Å². The number of fused-ring (bicyclic) bond motifs is 1. The summed E-state index contributed by atoms with van der Waals surface area (Å²) in [5.74, 6) is 1.80. The molecule has 1 heterocycles. The molecule has 19 heavy (non-hydrogen) atoms. The van der Waals surface area contributed by atoms with Gasteiger partial charge in [-0.15, -0.1) is 0 Å². The maximum absolute atomic E-state index is 6.05. The number of rotatable bonds is 3. The quantitative estimate of drug-likeness (QED) is 0.835. The molecule has 1 aromatic carbocycles. The summed E-state index contributed by atoms with van der Waals surface area (Å²) < 4.78 is 11.6. The molecule has 0 spiro atoms. The molecular weight excluding hydrogens is 238 g/mol. The van der Waals surface area contributed by atoms with Crippen molar-refractivity contribution in [3.8, 4) is 11.5 Å². The topological polar surface area (TPSA) is 31.4 Å². The SMILES string of the molecule is COC1CCc2c(Oc3ccncc3C)cccc21. The third-order valence-corrected chi connectivity index (χ3v) is 3.65. The van der Waals surface area contributed by atoms with Gasteiger partial charge in [-0.2, -0.15) is 0 Å². The molecule has 0 fully saturated rings. The van der Waals surface area contributed by atoms with Gasteiger partial charge in [-0.3, -0.25) is 4.98 Å². The van der Waals surface area contributed by atoms with Crippen molar-refractivity contribution in [2.24, 2.45) is 0 Å². The molecule has 1 atom stereocenters. The van der Waals surface area contributed by atoms with Crippen molar-refractivity contribution < 1.29 is 9.47 Å². The number of nitrogens with zero attached hydrogens (tertiary/aromatic N) is 1. The van der Waals surface area contributed by atoms with Crippen LogP contribution in [-0.2, 0) is 11.2 Å². The molecule has 0 bridgehead atoms. The van der Waals surface area contributed by atoms with Gasteiger partial charge in [0.15, 0.2) is 0 Å². The van der Waals surface area contributed by atoms with Crippen LogP contribution < -0.4 is 4.74 Å². The summed E-state index contributed by atoms with van der Waals surface area (Å²) in [6, 6.07) is 8.08. The Bertz CT molecular complexity index is 595. The van der Waals surface area contributed by atoms with Crippen LogP contribution in [0.5, 0.6) is 11.5 Å². The molecular formula is C16H17NO2. The highest BCUT2D eigenvalue weighted by molar-refractivity contribution is 5.47. The van der Waals surface area contributed by atoms with Crippen molar-refractivity contribution in [1.82, 2.24) is 4.98 Å². The van der Waals surface area contributed by atoms with Gasteiger partial charge in [0.05, 0.1) is 6.10 Å². The number of aromatic nitrogens is 1. The molecule has 1 aliphatic rings. The van der Waals surface area contributed by atoms with E-state index < -0.39 is 0 Å². The van der Waals surface area contributed by atoms with Crippen LogP contribution in [0.25, 0.3) is 0 Å². The summed E-state index contributed by atoms with van der Waals surface area (Å²) >= 11 is 0. The van der Waals surface area contributed by atoms with Crippen LogP contribution in [0.1, 0.15) is 29.2 Å². The maximum Gasteiger partial charge on any atom is 0.133 e. The Morgan fingerprint density at radius 1 is 1.21 bits per heavy atom. The molecule has 2 aromatic rings. The summed E-state index contributed by atoms with van der Waals surface area (Å²) in [6.07, 6.45) is 5.81. The van der Waals surface area contributed by atoms with E-state index in [2.05, 4.69) is 11.1 Å². The average molecular weight is 255 g/mol. The zero-order valence-electron chi connectivity index (χ0n) is 11.2. The average Bonchev–Trinajstić information content (AvgIpc) is 2.85. The molecule has 3 nitrogen and oxygen atoms in total. The fourth-order valence-electron chi connectivity index (χ4n) is 2.62. The summed E-state index contributed by atoms with van der Waals surface area (Å²) in [4.78, 5) is 4.08. The highest BCUT2D eigenvalue weighted by Crippen LogP contribution is 2.40. The van der Waals surface area contributed by atoms with Crippen LogP contribution in [0, 0.1) is 6.92 Å². The predicted octanol–water partition coefficient (Wildman–Crippen LogP) is 3.82. The first-order valence-electron chi connectivity index (χ1n) is 6.52. The third kappa shape index (κ3) is 2.22. The minimum absolute atomic E-state index is 0.206.